The SMILES string of the molecule is CCOc1cc(C=C2COc3ccccc3C2=O)ccc1OC. The summed E-state index contributed by atoms with van der Waals surface area (Å²) in [5, 5.41) is 0. The molecule has 2 aromatic rings. The van der Waals surface area contributed by atoms with Crippen LogP contribution in [0.25, 0.3) is 6.08 Å². The van der Waals surface area contributed by atoms with Gasteiger partial charge in [0.25, 0.3) is 0 Å². The molecule has 1 aliphatic rings. The van der Waals surface area contributed by atoms with Crippen LogP contribution in [0, 0.1) is 0 Å². The van der Waals surface area contributed by atoms with Crippen LogP contribution in [0.2, 0.25) is 0 Å². The summed E-state index contributed by atoms with van der Waals surface area (Å²) in [4.78, 5) is 12.6. The second kappa shape index (κ2) is 6.57. The molecular formula is C19H18O4. The van der Waals surface area contributed by atoms with E-state index in [2.05, 4.69) is 0 Å². The summed E-state index contributed by atoms with van der Waals surface area (Å²) >= 11 is 0. The summed E-state index contributed by atoms with van der Waals surface area (Å²) in [5.41, 5.74) is 2.10. The summed E-state index contributed by atoms with van der Waals surface area (Å²) < 4.78 is 16.5. The van der Waals surface area contributed by atoms with Crippen LogP contribution in [0.3, 0.4) is 0 Å². The molecule has 0 atom stereocenters. The van der Waals surface area contributed by atoms with Gasteiger partial charge in [0.05, 0.1) is 19.3 Å². The molecular weight excluding hydrogens is 292 g/mol. The van der Waals surface area contributed by atoms with Gasteiger partial charge in [-0.25, -0.2) is 0 Å². The number of ketones is 1. The van der Waals surface area contributed by atoms with Crippen molar-refractivity contribution in [3.8, 4) is 17.2 Å². The number of fused-ring (bicyclic) bond motifs is 1. The van der Waals surface area contributed by atoms with Crippen molar-refractivity contribution in [1.29, 1.82) is 0 Å². The van der Waals surface area contributed by atoms with Gasteiger partial charge in [-0.1, -0.05) is 18.2 Å². The first-order valence-corrected chi connectivity index (χ1v) is 7.51. The van der Waals surface area contributed by atoms with Gasteiger partial charge in [0.15, 0.2) is 17.3 Å². The molecule has 0 aromatic heterocycles. The fraction of sp³-hybridized carbons (Fsp3) is 0.211. The molecule has 118 valence electrons. The Balaban J connectivity index is 1.93. The van der Waals surface area contributed by atoms with Gasteiger partial charge in [0.2, 0.25) is 0 Å². The number of Topliss-reactive ketones (excluding diaryl/α,β-unsaturated/α-hetero) is 1. The summed E-state index contributed by atoms with van der Waals surface area (Å²) in [6, 6.07) is 12.9. The van der Waals surface area contributed by atoms with Gasteiger partial charge in [-0.2, -0.15) is 0 Å². The molecule has 0 bridgehead atoms. The maximum Gasteiger partial charge on any atom is 0.196 e. The van der Waals surface area contributed by atoms with Gasteiger partial charge >= 0.3 is 0 Å². The van der Waals surface area contributed by atoms with Crippen molar-refractivity contribution in [2.24, 2.45) is 0 Å². The Labute approximate surface area is 135 Å². The van der Waals surface area contributed by atoms with E-state index in [1.54, 1.807) is 13.2 Å². The molecule has 1 heterocycles. The molecule has 4 heteroatoms. The lowest BCUT2D eigenvalue weighted by atomic mass is 9.98. The van der Waals surface area contributed by atoms with Gasteiger partial charge in [-0.15, -0.1) is 0 Å². The standard InChI is InChI=1S/C19H18O4/c1-3-22-18-11-13(8-9-17(18)21-2)10-14-12-23-16-7-5-4-6-15(16)19(14)20/h4-11H,3,12H2,1-2H3. The van der Waals surface area contributed by atoms with E-state index in [0.717, 1.165) is 5.56 Å². The summed E-state index contributed by atoms with van der Waals surface area (Å²) in [7, 11) is 1.60. The molecule has 0 aliphatic carbocycles. The van der Waals surface area contributed by atoms with E-state index in [1.165, 1.54) is 0 Å². The molecule has 0 saturated carbocycles. The normalized spacial score (nSPS) is 15.0. The number of benzene rings is 2. The van der Waals surface area contributed by atoms with Crippen LogP contribution < -0.4 is 14.2 Å². The number of ether oxygens (including phenoxy) is 3. The minimum Gasteiger partial charge on any atom is -0.493 e. The van der Waals surface area contributed by atoms with Crippen molar-refractivity contribution in [3.63, 3.8) is 0 Å². The highest BCUT2D eigenvalue weighted by molar-refractivity contribution is 6.14. The number of carbonyl (C=O) groups is 1. The summed E-state index contributed by atoms with van der Waals surface area (Å²) in [6.07, 6.45) is 1.83. The predicted octanol–water partition coefficient (Wildman–Crippen LogP) is 3.75. The fourth-order valence-corrected chi connectivity index (χ4v) is 2.53. The number of hydrogen-bond donors (Lipinski definition) is 0. The zero-order chi connectivity index (χ0) is 16.2. The monoisotopic (exact) mass is 310 g/mol. The maximum absolute atomic E-state index is 12.6. The lowest BCUT2D eigenvalue weighted by molar-refractivity contribution is 0.100. The smallest absolute Gasteiger partial charge is 0.196 e. The van der Waals surface area contributed by atoms with Crippen molar-refractivity contribution in [2.45, 2.75) is 6.92 Å². The van der Waals surface area contributed by atoms with E-state index in [4.69, 9.17) is 14.2 Å². The van der Waals surface area contributed by atoms with Crippen molar-refractivity contribution in [3.05, 3.63) is 59.2 Å². The summed E-state index contributed by atoms with van der Waals surface area (Å²) in [5.74, 6) is 1.97. The van der Waals surface area contributed by atoms with E-state index < -0.39 is 0 Å². The lowest BCUT2D eigenvalue weighted by Gasteiger charge is -2.18. The van der Waals surface area contributed by atoms with Crippen molar-refractivity contribution >= 4 is 11.9 Å². The zero-order valence-corrected chi connectivity index (χ0v) is 13.2. The molecule has 3 rings (SSSR count). The first kappa shape index (κ1) is 15.2. The fourth-order valence-electron chi connectivity index (χ4n) is 2.53. The van der Waals surface area contributed by atoms with Crippen LogP contribution in [0.5, 0.6) is 17.2 Å². The summed E-state index contributed by atoms with van der Waals surface area (Å²) in [6.45, 7) is 2.73. The molecule has 2 aromatic carbocycles. The van der Waals surface area contributed by atoms with Gasteiger partial charge in [-0.3, -0.25) is 4.79 Å². The van der Waals surface area contributed by atoms with Crippen LogP contribution in [0.4, 0.5) is 0 Å². The number of carbonyl (C=O) groups excluding carboxylic acids is 1. The molecule has 0 unspecified atom stereocenters. The number of para-hydroxylation sites is 1. The third-order valence-electron chi connectivity index (χ3n) is 3.63. The van der Waals surface area contributed by atoms with Gasteiger partial charge in [0, 0.05) is 5.57 Å². The quantitative estimate of drug-likeness (QED) is 0.807. The van der Waals surface area contributed by atoms with Crippen molar-refractivity contribution in [1.82, 2.24) is 0 Å². The van der Waals surface area contributed by atoms with Crippen molar-refractivity contribution in [2.75, 3.05) is 20.3 Å². The van der Waals surface area contributed by atoms with E-state index in [0.29, 0.717) is 35.0 Å². The first-order chi connectivity index (χ1) is 11.2. The number of rotatable bonds is 4. The third kappa shape index (κ3) is 3.06. The largest absolute Gasteiger partial charge is 0.493 e. The molecule has 4 nitrogen and oxygen atoms in total. The Morgan fingerprint density at radius 1 is 1.17 bits per heavy atom. The highest BCUT2D eigenvalue weighted by Crippen LogP contribution is 2.31. The van der Waals surface area contributed by atoms with Gasteiger partial charge in [0.1, 0.15) is 12.4 Å². The maximum atomic E-state index is 12.6. The topological polar surface area (TPSA) is 44.8 Å². The molecule has 0 radical (unpaired) electrons. The minimum atomic E-state index is 0.000581. The highest BCUT2D eigenvalue weighted by atomic mass is 16.5. The van der Waals surface area contributed by atoms with E-state index >= 15 is 0 Å². The lowest BCUT2D eigenvalue weighted by Crippen LogP contribution is -2.18. The van der Waals surface area contributed by atoms with Crippen LogP contribution in [0.1, 0.15) is 22.8 Å². The van der Waals surface area contributed by atoms with Crippen molar-refractivity contribution < 1.29 is 19.0 Å². The Hall–Kier alpha value is -2.75. The van der Waals surface area contributed by atoms with Crippen LogP contribution in [-0.4, -0.2) is 26.1 Å². The molecule has 23 heavy (non-hydrogen) atoms. The minimum absolute atomic E-state index is 0.000581. The molecule has 0 fully saturated rings. The molecule has 0 amide bonds. The van der Waals surface area contributed by atoms with Gasteiger partial charge in [-0.05, 0) is 42.8 Å². The second-order valence-corrected chi connectivity index (χ2v) is 5.13. The average Bonchev–Trinajstić information content (AvgIpc) is 2.58. The van der Waals surface area contributed by atoms with Gasteiger partial charge < -0.3 is 14.2 Å². The Morgan fingerprint density at radius 2 is 2.00 bits per heavy atom. The number of methoxy groups -OCH3 is 1. The van der Waals surface area contributed by atoms with Crippen LogP contribution in [-0.2, 0) is 0 Å². The Kier molecular flexibility index (Phi) is 4.33. The molecule has 0 N–H and O–H groups in total. The first-order valence-electron chi connectivity index (χ1n) is 7.51. The third-order valence-corrected chi connectivity index (χ3v) is 3.63. The average molecular weight is 310 g/mol. The molecule has 0 saturated heterocycles. The number of hydrogen-bond acceptors (Lipinski definition) is 4. The Bertz CT molecular complexity index is 762. The predicted molar refractivity (Wildman–Crippen MR) is 88.4 cm³/mol. The molecule has 1 aliphatic heterocycles. The van der Waals surface area contributed by atoms with Crippen LogP contribution in [0.15, 0.2) is 48.0 Å². The second-order valence-electron chi connectivity index (χ2n) is 5.13. The van der Waals surface area contributed by atoms with Crippen LogP contribution >= 0.6 is 0 Å². The molecule has 0 spiro atoms. The van der Waals surface area contributed by atoms with E-state index in [1.807, 2.05) is 49.4 Å². The van der Waals surface area contributed by atoms with E-state index in [-0.39, 0.29) is 12.4 Å². The zero-order valence-electron chi connectivity index (χ0n) is 13.2. The highest BCUT2D eigenvalue weighted by Gasteiger charge is 2.22. The Morgan fingerprint density at radius 3 is 2.78 bits per heavy atom. The van der Waals surface area contributed by atoms with E-state index in [9.17, 15) is 4.79 Å².